The van der Waals surface area contributed by atoms with Gasteiger partial charge in [0.15, 0.2) is 5.60 Å². The van der Waals surface area contributed by atoms with Gasteiger partial charge in [-0.15, -0.1) is 11.3 Å². The fraction of sp³-hybridized carbons (Fsp3) is 0.500. The van der Waals surface area contributed by atoms with E-state index in [1.807, 2.05) is 0 Å². The first-order valence-electron chi connectivity index (χ1n) is 3.71. The quantitative estimate of drug-likeness (QED) is 0.803. The van der Waals surface area contributed by atoms with E-state index in [1.54, 1.807) is 12.4 Å². The van der Waals surface area contributed by atoms with Crippen LogP contribution in [0.5, 0.6) is 0 Å². The summed E-state index contributed by atoms with van der Waals surface area (Å²) >= 11 is 1.29. The Morgan fingerprint density at radius 3 is 2.69 bits per heavy atom. The minimum Gasteiger partial charge on any atom is -0.479 e. The van der Waals surface area contributed by atoms with Crippen LogP contribution < -0.4 is 0 Å². The van der Waals surface area contributed by atoms with Crippen molar-refractivity contribution in [2.45, 2.75) is 19.4 Å². The minimum atomic E-state index is -1.27. The number of carboxylic acids is 1. The Kier molecular flexibility index (Phi) is 2.68. The maximum atomic E-state index is 11.0. The standard InChI is InChI=1S/C8H11NO3S/c1-5-6(13-4-9-5)8(2,12-3)7(10)11/h4H,1-3H3,(H,10,11). The zero-order valence-electron chi connectivity index (χ0n) is 7.70. The highest BCUT2D eigenvalue weighted by atomic mass is 32.1. The largest absolute Gasteiger partial charge is 0.479 e. The fourth-order valence-corrected chi connectivity index (χ4v) is 1.97. The zero-order chi connectivity index (χ0) is 10.1. The van der Waals surface area contributed by atoms with Crippen LogP contribution in [0.1, 0.15) is 17.5 Å². The van der Waals surface area contributed by atoms with E-state index >= 15 is 0 Å². The normalized spacial score (nSPS) is 15.3. The lowest BCUT2D eigenvalue weighted by Crippen LogP contribution is -2.34. The smallest absolute Gasteiger partial charge is 0.341 e. The number of carboxylic acid groups (broad SMARTS) is 1. The van der Waals surface area contributed by atoms with Crippen LogP contribution in [0.2, 0.25) is 0 Å². The second-order valence-corrected chi connectivity index (χ2v) is 3.66. The van der Waals surface area contributed by atoms with E-state index in [0.717, 1.165) is 0 Å². The lowest BCUT2D eigenvalue weighted by Gasteiger charge is -2.21. The van der Waals surface area contributed by atoms with Gasteiger partial charge in [-0.25, -0.2) is 9.78 Å². The number of thiazole rings is 1. The molecule has 0 bridgehead atoms. The van der Waals surface area contributed by atoms with Crippen LogP contribution in [0.25, 0.3) is 0 Å². The maximum Gasteiger partial charge on any atom is 0.341 e. The van der Waals surface area contributed by atoms with E-state index in [0.29, 0.717) is 10.6 Å². The molecule has 0 aliphatic rings. The number of aliphatic carboxylic acids is 1. The van der Waals surface area contributed by atoms with E-state index < -0.39 is 11.6 Å². The topological polar surface area (TPSA) is 59.4 Å². The van der Waals surface area contributed by atoms with Gasteiger partial charge in [0.2, 0.25) is 0 Å². The summed E-state index contributed by atoms with van der Waals surface area (Å²) in [6.07, 6.45) is 0. The van der Waals surface area contributed by atoms with E-state index in [1.165, 1.54) is 25.4 Å². The Hall–Kier alpha value is -0.940. The molecule has 0 aliphatic carbocycles. The summed E-state index contributed by atoms with van der Waals surface area (Å²) in [4.78, 5) is 15.6. The second-order valence-electron chi connectivity index (χ2n) is 2.81. The van der Waals surface area contributed by atoms with E-state index in [4.69, 9.17) is 9.84 Å². The molecular formula is C8H11NO3S. The highest BCUT2D eigenvalue weighted by molar-refractivity contribution is 7.10. The number of methoxy groups -OCH3 is 1. The van der Waals surface area contributed by atoms with Gasteiger partial charge in [0, 0.05) is 7.11 Å². The molecule has 0 spiro atoms. The molecule has 72 valence electrons. The van der Waals surface area contributed by atoms with E-state index in [9.17, 15) is 4.79 Å². The van der Waals surface area contributed by atoms with Crippen LogP contribution in [0.4, 0.5) is 0 Å². The van der Waals surface area contributed by atoms with Gasteiger partial charge in [0.25, 0.3) is 0 Å². The molecule has 5 heteroatoms. The number of hydrogen-bond acceptors (Lipinski definition) is 4. The molecule has 0 aliphatic heterocycles. The van der Waals surface area contributed by atoms with Crippen molar-refractivity contribution in [3.05, 3.63) is 16.1 Å². The molecule has 1 heterocycles. The predicted molar refractivity (Wildman–Crippen MR) is 48.8 cm³/mol. The molecule has 0 saturated heterocycles. The van der Waals surface area contributed by atoms with Gasteiger partial charge in [-0.3, -0.25) is 0 Å². The Morgan fingerprint density at radius 1 is 1.77 bits per heavy atom. The van der Waals surface area contributed by atoms with Gasteiger partial charge >= 0.3 is 5.97 Å². The molecule has 1 rings (SSSR count). The number of carbonyl (C=O) groups is 1. The Balaban J connectivity index is 3.17. The third-order valence-corrected chi connectivity index (χ3v) is 3.13. The Bertz CT molecular complexity index is 323. The number of nitrogens with zero attached hydrogens (tertiary/aromatic N) is 1. The van der Waals surface area contributed by atoms with Crippen molar-refractivity contribution in [1.29, 1.82) is 0 Å². The highest BCUT2D eigenvalue weighted by Crippen LogP contribution is 2.30. The summed E-state index contributed by atoms with van der Waals surface area (Å²) < 4.78 is 5.00. The molecule has 1 unspecified atom stereocenters. The van der Waals surface area contributed by atoms with Gasteiger partial charge in [0.05, 0.1) is 16.1 Å². The molecule has 0 amide bonds. The van der Waals surface area contributed by atoms with Gasteiger partial charge in [-0.2, -0.15) is 0 Å². The molecule has 0 fully saturated rings. The Labute approximate surface area is 80.2 Å². The van der Waals surface area contributed by atoms with Crippen molar-refractivity contribution in [2.75, 3.05) is 7.11 Å². The summed E-state index contributed by atoms with van der Waals surface area (Å²) in [5, 5.41) is 8.98. The van der Waals surface area contributed by atoms with Crippen molar-refractivity contribution in [1.82, 2.24) is 4.98 Å². The van der Waals surface area contributed by atoms with Crippen LogP contribution in [0.15, 0.2) is 5.51 Å². The van der Waals surface area contributed by atoms with Crippen molar-refractivity contribution >= 4 is 17.3 Å². The highest BCUT2D eigenvalue weighted by Gasteiger charge is 2.38. The van der Waals surface area contributed by atoms with Crippen molar-refractivity contribution < 1.29 is 14.6 Å². The number of rotatable bonds is 3. The molecule has 13 heavy (non-hydrogen) atoms. The molecular weight excluding hydrogens is 190 g/mol. The van der Waals surface area contributed by atoms with Gasteiger partial charge in [-0.1, -0.05) is 0 Å². The first-order chi connectivity index (χ1) is 6.02. The van der Waals surface area contributed by atoms with Gasteiger partial charge < -0.3 is 9.84 Å². The van der Waals surface area contributed by atoms with Crippen LogP contribution in [0.3, 0.4) is 0 Å². The van der Waals surface area contributed by atoms with Crippen LogP contribution in [-0.4, -0.2) is 23.2 Å². The van der Waals surface area contributed by atoms with Gasteiger partial charge in [-0.05, 0) is 13.8 Å². The molecule has 1 aromatic rings. The average molecular weight is 201 g/mol. The molecule has 0 saturated carbocycles. The van der Waals surface area contributed by atoms with Gasteiger partial charge in [0.1, 0.15) is 0 Å². The molecule has 1 aromatic heterocycles. The number of aryl methyl sites for hydroxylation is 1. The number of hydrogen-bond donors (Lipinski definition) is 1. The molecule has 0 radical (unpaired) electrons. The third kappa shape index (κ3) is 1.57. The fourth-order valence-electron chi connectivity index (χ4n) is 1.04. The summed E-state index contributed by atoms with van der Waals surface area (Å²) in [7, 11) is 1.38. The summed E-state index contributed by atoms with van der Waals surface area (Å²) in [5.41, 5.74) is 1.05. The predicted octanol–water partition coefficient (Wildman–Crippen LogP) is 1.40. The minimum absolute atomic E-state index is 0.641. The SMILES string of the molecule is COC(C)(C(=O)O)c1scnc1C. The average Bonchev–Trinajstić information content (AvgIpc) is 2.50. The van der Waals surface area contributed by atoms with Crippen LogP contribution in [0, 0.1) is 6.92 Å². The van der Waals surface area contributed by atoms with E-state index in [2.05, 4.69) is 4.98 Å². The maximum absolute atomic E-state index is 11.0. The number of aromatic nitrogens is 1. The van der Waals surface area contributed by atoms with Crippen molar-refractivity contribution in [3.8, 4) is 0 Å². The van der Waals surface area contributed by atoms with Crippen LogP contribution >= 0.6 is 11.3 Å². The van der Waals surface area contributed by atoms with Crippen molar-refractivity contribution in [3.63, 3.8) is 0 Å². The Morgan fingerprint density at radius 2 is 2.38 bits per heavy atom. The molecule has 1 N–H and O–H groups in total. The summed E-state index contributed by atoms with van der Waals surface area (Å²) in [5.74, 6) is -0.998. The lowest BCUT2D eigenvalue weighted by atomic mass is 10.0. The zero-order valence-corrected chi connectivity index (χ0v) is 8.51. The first-order valence-corrected chi connectivity index (χ1v) is 4.59. The molecule has 1 atom stereocenters. The molecule has 4 nitrogen and oxygen atoms in total. The lowest BCUT2D eigenvalue weighted by molar-refractivity contribution is -0.161. The summed E-state index contributed by atoms with van der Waals surface area (Å²) in [6, 6.07) is 0. The van der Waals surface area contributed by atoms with Crippen LogP contribution in [-0.2, 0) is 15.1 Å². The van der Waals surface area contributed by atoms with E-state index in [-0.39, 0.29) is 0 Å². The molecule has 0 aromatic carbocycles. The monoisotopic (exact) mass is 201 g/mol. The van der Waals surface area contributed by atoms with Crippen molar-refractivity contribution in [2.24, 2.45) is 0 Å². The third-order valence-electron chi connectivity index (χ3n) is 2.00. The first kappa shape index (κ1) is 10.1. The summed E-state index contributed by atoms with van der Waals surface area (Å²) in [6.45, 7) is 3.29. The second kappa shape index (κ2) is 3.43. The number of ether oxygens (including phenoxy) is 1.